The van der Waals surface area contributed by atoms with Gasteiger partial charge in [-0.2, -0.15) is 13.2 Å². The first-order valence-corrected chi connectivity index (χ1v) is 14.7. The summed E-state index contributed by atoms with van der Waals surface area (Å²) in [6.45, 7) is 4.86. The van der Waals surface area contributed by atoms with Crippen LogP contribution >= 0.6 is 0 Å². The molecule has 0 amide bonds. The van der Waals surface area contributed by atoms with Crippen molar-refractivity contribution in [3.63, 3.8) is 0 Å². The van der Waals surface area contributed by atoms with Gasteiger partial charge in [-0.25, -0.2) is 14.8 Å². The molecule has 1 aromatic heterocycles. The highest BCUT2D eigenvalue weighted by atomic mass is 19.4. The lowest BCUT2D eigenvalue weighted by molar-refractivity contribution is -0.231. The molecule has 42 heavy (non-hydrogen) atoms. The van der Waals surface area contributed by atoms with E-state index in [9.17, 15) is 18.0 Å². The van der Waals surface area contributed by atoms with Crippen LogP contribution in [0.1, 0.15) is 71.3 Å². The Morgan fingerprint density at radius 1 is 0.810 bits per heavy atom. The number of aryl methyl sites for hydroxylation is 1. The third-order valence-electron chi connectivity index (χ3n) is 6.85. The minimum Gasteiger partial charge on any atom is -0.486 e. The molecular formula is C33H41F3N2O4. The maximum Gasteiger partial charge on any atom is 0.428 e. The van der Waals surface area contributed by atoms with Gasteiger partial charge in [-0.15, -0.1) is 0 Å². The monoisotopic (exact) mass is 586 g/mol. The molecule has 2 unspecified atom stereocenters. The van der Waals surface area contributed by atoms with Crippen molar-refractivity contribution in [3.8, 4) is 28.3 Å². The second-order valence-electron chi connectivity index (χ2n) is 10.3. The lowest BCUT2D eigenvalue weighted by atomic mass is 10.00. The van der Waals surface area contributed by atoms with Crippen molar-refractivity contribution in [1.82, 2.24) is 9.97 Å². The van der Waals surface area contributed by atoms with Gasteiger partial charge in [-0.3, -0.25) is 0 Å². The highest BCUT2D eigenvalue weighted by Gasteiger charge is 2.44. The number of ether oxygens (including phenoxy) is 3. The largest absolute Gasteiger partial charge is 0.486 e. The van der Waals surface area contributed by atoms with Gasteiger partial charge in [0.1, 0.15) is 6.61 Å². The van der Waals surface area contributed by atoms with E-state index in [2.05, 4.69) is 45.9 Å². The van der Waals surface area contributed by atoms with Gasteiger partial charge in [0.2, 0.25) is 6.10 Å². The van der Waals surface area contributed by atoms with Crippen molar-refractivity contribution in [2.24, 2.45) is 0 Å². The normalized spacial score (nSPS) is 13.0. The fraction of sp³-hybridized carbons (Fsp3) is 0.485. The summed E-state index contributed by atoms with van der Waals surface area (Å²) in [7, 11) is 0. The van der Waals surface area contributed by atoms with Gasteiger partial charge in [0.15, 0.2) is 17.7 Å². The van der Waals surface area contributed by atoms with E-state index < -0.39 is 31.0 Å². The molecule has 0 N–H and O–H groups in total. The number of halogens is 3. The van der Waals surface area contributed by atoms with Crippen molar-refractivity contribution < 1.29 is 32.2 Å². The van der Waals surface area contributed by atoms with Crippen LogP contribution in [-0.2, 0) is 20.7 Å². The van der Waals surface area contributed by atoms with E-state index in [1.54, 1.807) is 0 Å². The van der Waals surface area contributed by atoms with E-state index in [0.717, 1.165) is 29.5 Å². The van der Waals surface area contributed by atoms with Crippen LogP contribution in [0.15, 0.2) is 60.9 Å². The number of alkyl halides is 3. The molecular weight excluding hydrogens is 545 g/mol. The third kappa shape index (κ3) is 10.7. The highest BCUT2D eigenvalue weighted by Crippen LogP contribution is 2.26. The molecule has 2 atom stereocenters. The summed E-state index contributed by atoms with van der Waals surface area (Å²) in [6, 6.07) is 16.4. The number of rotatable bonds is 17. The quantitative estimate of drug-likeness (QED) is 0.117. The van der Waals surface area contributed by atoms with Crippen LogP contribution in [0.4, 0.5) is 13.2 Å². The number of unbranched alkanes of at least 4 members (excludes halogenated alkanes) is 5. The molecule has 3 rings (SSSR count). The van der Waals surface area contributed by atoms with Crippen LogP contribution in [0.2, 0.25) is 0 Å². The summed E-state index contributed by atoms with van der Waals surface area (Å²) in [6.07, 6.45) is 3.16. The van der Waals surface area contributed by atoms with Crippen molar-refractivity contribution in [2.75, 3.05) is 13.2 Å². The van der Waals surface area contributed by atoms with Gasteiger partial charge in [0, 0.05) is 12.2 Å². The molecule has 0 spiro atoms. The zero-order chi connectivity index (χ0) is 30.4. The summed E-state index contributed by atoms with van der Waals surface area (Å²) >= 11 is 0. The van der Waals surface area contributed by atoms with E-state index >= 15 is 0 Å². The van der Waals surface area contributed by atoms with Gasteiger partial charge in [-0.05, 0) is 42.9 Å². The number of hydrogen-bond donors (Lipinski definition) is 0. The standard InChI is InChI=1S/C33H41F3N2O4/c1-4-6-8-9-10-11-25-12-14-26(15-13-25)27-16-18-28(19-17-27)31-37-21-29(22-38-31)41-23-30(33(34,35)36)42-32(39)24(3)40-20-7-5-2/h12-19,21-22,24,30H,4-11,20,23H2,1-3H3. The van der Waals surface area contributed by atoms with E-state index in [1.807, 2.05) is 31.2 Å². The van der Waals surface area contributed by atoms with Crippen molar-refractivity contribution in [3.05, 3.63) is 66.5 Å². The summed E-state index contributed by atoms with van der Waals surface area (Å²) < 4.78 is 55.5. The average molecular weight is 587 g/mol. The molecule has 0 bridgehead atoms. The van der Waals surface area contributed by atoms with E-state index in [-0.39, 0.29) is 12.4 Å². The SMILES string of the molecule is CCCCCCCc1ccc(-c2ccc(-c3ncc(OCC(OC(=O)C(C)OCCCC)C(F)(F)F)cn3)cc2)cc1. The predicted molar refractivity (Wildman–Crippen MR) is 157 cm³/mol. The summed E-state index contributed by atoms with van der Waals surface area (Å²) in [5, 5.41) is 0. The van der Waals surface area contributed by atoms with Crippen molar-refractivity contribution >= 4 is 5.97 Å². The fourth-order valence-electron chi connectivity index (χ4n) is 4.22. The number of carbonyl (C=O) groups excluding carboxylic acids is 1. The molecule has 228 valence electrons. The number of benzene rings is 2. The molecule has 0 aliphatic heterocycles. The Kier molecular flexibility index (Phi) is 13.3. The maximum atomic E-state index is 13.5. The molecule has 0 radical (unpaired) electrons. The highest BCUT2D eigenvalue weighted by molar-refractivity contribution is 5.74. The molecule has 0 saturated carbocycles. The minimum absolute atomic E-state index is 0.0263. The first-order chi connectivity index (χ1) is 20.2. The van der Waals surface area contributed by atoms with Crippen LogP contribution in [-0.4, -0.2) is 47.5 Å². The first-order valence-electron chi connectivity index (χ1n) is 14.7. The Morgan fingerprint density at radius 2 is 1.38 bits per heavy atom. The molecule has 9 heteroatoms. The second-order valence-corrected chi connectivity index (χ2v) is 10.3. The van der Waals surface area contributed by atoms with Crippen LogP contribution < -0.4 is 4.74 Å². The molecule has 2 aromatic carbocycles. The minimum atomic E-state index is -4.81. The molecule has 0 saturated heterocycles. The Hall–Kier alpha value is -3.46. The number of esters is 1. The molecule has 3 aromatic rings. The summed E-state index contributed by atoms with van der Waals surface area (Å²) in [5.41, 5.74) is 4.27. The van der Waals surface area contributed by atoms with Gasteiger partial charge in [-0.1, -0.05) is 94.5 Å². The van der Waals surface area contributed by atoms with Crippen molar-refractivity contribution in [1.29, 1.82) is 0 Å². The average Bonchev–Trinajstić information content (AvgIpc) is 2.99. The summed E-state index contributed by atoms with van der Waals surface area (Å²) in [4.78, 5) is 20.5. The van der Waals surface area contributed by atoms with Crippen LogP contribution in [0.3, 0.4) is 0 Å². The second kappa shape index (κ2) is 16.9. The Bertz CT molecular complexity index is 1200. The molecule has 1 heterocycles. The van der Waals surface area contributed by atoms with Gasteiger partial charge >= 0.3 is 12.1 Å². The predicted octanol–water partition coefficient (Wildman–Crippen LogP) is 8.38. The summed E-state index contributed by atoms with van der Waals surface area (Å²) in [5.74, 6) is -0.664. The van der Waals surface area contributed by atoms with Gasteiger partial charge in [0.05, 0.1) is 12.4 Å². The number of hydrogen-bond acceptors (Lipinski definition) is 6. The van der Waals surface area contributed by atoms with Gasteiger partial charge < -0.3 is 14.2 Å². The zero-order valence-electron chi connectivity index (χ0n) is 24.7. The number of aromatic nitrogens is 2. The molecule has 0 fully saturated rings. The smallest absolute Gasteiger partial charge is 0.428 e. The van der Waals surface area contributed by atoms with E-state index in [1.165, 1.54) is 57.0 Å². The molecule has 6 nitrogen and oxygen atoms in total. The van der Waals surface area contributed by atoms with E-state index in [0.29, 0.717) is 12.2 Å². The van der Waals surface area contributed by atoms with E-state index in [4.69, 9.17) is 9.47 Å². The third-order valence-corrected chi connectivity index (χ3v) is 6.85. The van der Waals surface area contributed by atoms with Crippen LogP contribution in [0.5, 0.6) is 5.75 Å². The lowest BCUT2D eigenvalue weighted by Crippen LogP contribution is -2.41. The molecule has 0 aliphatic carbocycles. The zero-order valence-corrected chi connectivity index (χ0v) is 24.7. The number of carbonyl (C=O) groups is 1. The topological polar surface area (TPSA) is 70.5 Å². The Morgan fingerprint density at radius 3 is 1.98 bits per heavy atom. The molecule has 0 aliphatic rings. The lowest BCUT2D eigenvalue weighted by Gasteiger charge is -2.22. The first kappa shape index (κ1) is 33.0. The maximum absolute atomic E-state index is 13.5. The fourth-order valence-corrected chi connectivity index (χ4v) is 4.22. The Labute approximate surface area is 246 Å². The van der Waals surface area contributed by atoms with Crippen LogP contribution in [0, 0.1) is 0 Å². The van der Waals surface area contributed by atoms with Crippen molar-refractivity contribution in [2.45, 2.75) is 90.5 Å². The van der Waals surface area contributed by atoms with Crippen LogP contribution in [0.25, 0.3) is 22.5 Å². The van der Waals surface area contributed by atoms with Gasteiger partial charge in [0.25, 0.3) is 0 Å². The Balaban J connectivity index is 1.54. The number of nitrogens with zero attached hydrogens (tertiary/aromatic N) is 2.